The quantitative estimate of drug-likeness (QED) is 0.685. The molecule has 138 valence electrons. The second kappa shape index (κ2) is 8.41. The Bertz CT molecular complexity index is 945. The number of amides is 3. The third-order valence-electron chi connectivity index (χ3n) is 3.74. The van der Waals surface area contributed by atoms with Crippen molar-refractivity contribution in [2.24, 2.45) is 5.73 Å². The summed E-state index contributed by atoms with van der Waals surface area (Å²) in [5.74, 6) is -0.557. The maximum atomic E-state index is 12.7. The summed E-state index contributed by atoms with van der Waals surface area (Å²) >= 11 is 4.30. The van der Waals surface area contributed by atoms with Crippen LogP contribution in [-0.2, 0) is 16.1 Å². The smallest absolute Gasteiger partial charge is 0.293 e. The molecule has 0 atom stereocenters. The lowest BCUT2D eigenvalue weighted by Crippen LogP contribution is -2.27. The van der Waals surface area contributed by atoms with Crippen LogP contribution < -0.4 is 10.5 Å². The lowest BCUT2D eigenvalue weighted by Gasteiger charge is -2.13. The molecule has 0 aromatic heterocycles. The van der Waals surface area contributed by atoms with Crippen LogP contribution in [-0.4, -0.2) is 28.6 Å². The number of ether oxygens (including phenoxy) is 1. The van der Waals surface area contributed by atoms with Crippen molar-refractivity contribution in [1.29, 1.82) is 0 Å². The first-order valence-electron chi connectivity index (χ1n) is 7.94. The number of imide groups is 1. The van der Waals surface area contributed by atoms with Crippen LogP contribution in [0, 0.1) is 0 Å². The maximum Gasteiger partial charge on any atom is 0.293 e. The van der Waals surface area contributed by atoms with Gasteiger partial charge in [-0.3, -0.25) is 19.3 Å². The van der Waals surface area contributed by atoms with E-state index in [-0.39, 0.29) is 24.3 Å². The molecule has 2 aromatic rings. The van der Waals surface area contributed by atoms with Gasteiger partial charge in [-0.15, -0.1) is 0 Å². The minimum Gasteiger partial charge on any atom is -0.483 e. The molecular formula is C19H15BrN2O4S. The van der Waals surface area contributed by atoms with Gasteiger partial charge in [-0.05, 0) is 35.5 Å². The second-order valence-electron chi connectivity index (χ2n) is 5.65. The standard InChI is InChI=1S/C19H15BrN2O4S/c20-14-7-3-1-6-13(14)10-22-18(24)16(27-19(22)25)9-12-5-2-4-8-15(12)26-11-17(21)23/h1-9H,10-11H2,(H2,21,23)/b16-9+. The molecule has 1 saturated heterocycles. The average molecular weight is 447 g/mol. The Labute approximate surface area is 168 Å². The van der Waals surface area contributed by atoms with Crippen molar-refractivity contribution in [3.8, 4) is 5.75 Å². The summed E-state index contributed by atoms with van der Waals surface area (Å²) in [6, 6.07) is 14.3. The van der Waals surface area contributed by atoms with Crippen LogP contribution in [0.5, 0.6) is 5.75 Å². The van der Waals surface area contributed by atoms with E-state index in [1.54, 1.807) is 30.3 Å². The highest BCUT2D eigenvalue weighted by Crippen LogP contribution is 2.35. The summed E-state index contributed by atoms with van der Waals surface area (Å²) in [7, 11) is 0. The Morgan fingerprint density at radius 2 is 1.85 bits per heavy atom. The second-order valence-corrected chi connectivity index (χ2v) is 7.50. The van der Waals surface area contributed by atoms with Crippen LogP contribution in [0.3, 0.4) is 0 Å². The maximum absolute atomic E-state index is 12.7. The molecule has 0 bridgehead atoms. The first-order chi connectivity index (χ1) is 13.0. The number of rotatable bonds is 6. The van der Waals surface area contributed by atoms with Gasteiger partial charge in [0, 0.05) is 10.0 Å². The summed E-state index contributed by atoms with van der Waals surface area (Å²) in [4.78, 5) is 37.4. The molecule has 1 fully saturated rings. The van der Waals surface area contributed by atoms with Gasteiger partial charge >= 0.3 is 0 Å². The fourth-order valence-electron chi connectivity index (χ4n) is 2.45. The highest BCUT2D eigenvalue weighted by molar-refractivity contribution is 9.10. The first kappa shape index (κ1) is 19.2. The highest BCUT2D eigenvalue weighted by atomic mass is 79.9. The van der Waals surface area contributed by atoms with Gasteiger partial charge in [-0.1, -0.05) is 52.3 Å². The summed E-state index contributed by atoms with van der Waals surface area (Å²) in [6.45, 7) is -0.0857. The van der Waals surface area contributed by atoms with Gasteiger partial charge in [0.25, 0.3) is 17.1 Å². The van der Waals surface area contributed by atoms with Crippen molar-refractivity contribution in [3.05, 3.63) is 69.0 Å². The predicted molar refractivity (Wildman–Crippen MR) is 107 cm³/mol. The lowest BCUT2D eigenvalue weighted by atomic mass is 10.1. The fourth-order valence-corrected chi connectivity index (χ4v) is 3.69. The van der Waals surface area contributed by atoms with Gasteiger partial charge in [-0.25, -0.2) is 0 Å². The van der Waals surface area contributed by atoms with E-state index in [1.165, 1.54) is 4.90 Å². The van der Waals surface area contributed by atoms with Crippen molar-refractivity contribution >= 4 is 50.8 Å². The molecule has 1 aliphatic rings. The molecule has 2 N–H and O–H groups in total. The minimum atomic E-state index is -0.599. The lowest BCUT2D eigenvalue weighted by molar-refractivity contribution is -0.123. The zero-order chi connectivity index (χ0) is 19.4. The number of hydrogen-bond donors (Lipinski definition) is 1. The molecule has 0 saturated carbocycles. The normalized spacial score (nSPS) is 15.4. The summed E-state index contributed by atoms with van der Waals surface area (Å²) in [5, 5.41) is -0.336. The third-order valence-corrected chi connectivity index (χ3v) is 5.42. The van der Waals surface area contributed by atoms with Crippen LogP contribution in [0.15, 0.2) is 57.9 Å². The molecule has 2 aromatic carbocycles. The highest BCUT2D eigenvalue weighted by Gasteiger charge is 2.35. The molecule has 0 aliphatic carbocycles. The SMILES string of the molecule is NC(=O)COc1ccccc1/C=C1/SC(=O)N(Cc2ccccc2Br)C1=O. The predicted octanol–water partition coefficient (Wildman–Crippen LogP) is 3.55. The number of nitrogens with zero attached hydrogens (tertiary/aromatic N) is 1. The van der Waals surface area contributed by atoms with Crippen LogP contribution in [0.4, 0.5) is 4.79 Å². The molecule has 0 spiro atoms. The molecule has 27 heavy (non-hydrogen) atoms. The summed E-state index contributed by atoms with van der Waals surface area (Å²) in [5.41, 5.74) is 6.53. The molecule has 1 heterocycles. The Hall–Kier alpha value is -2.58. The first-order valence-corrected chi connectivity index (χ1v) is 9.55. The van der Waals surface area contributed by atoms with E-state index in [4.69, 9.17) is 10.5 Å². The number of thioether (sulfide) groups is 1. The van der Waals surface area contributed by atoms with Crippen LogP contribution in [0.2, 0.25) is 0 Å². The number of halogens is 1. The number of para-hydroxylation sites is 1. The number of carbonyl (C=O) groups is 3. The zero-order valence-electron chi connectivity index (χ0n) is 14.1. The largest absolute Gasteiger partial charge is 0.483 e. The summed E-state index contributed by atoms with van der Waals surface area (Å²) < 4.78 is 6.20. The Balaban J connectivity index is 1.83. The molecule has 3 rings (SSSR count). The van der Waals surface area contributed by atoms with Gasteiger partial charge in [0.2, 0.25) is 0 Å². The zero-order valence-corrected chi connectivity index (χ0v) is 16.5. The third kappa shape index (κ3) is 4.58. The van der Waals surface area contributed by atoms with Crippen LogP contribution in [0.1, 0.15) is 11.1 Å². The monoisotopic (exact) mass is 446 g/mol. The van der Waals surface area contributed by atoms with Crippen LogP contribution in [0.25, 0.3) is 6.08 Å². The van der Waals surface area contributed by atoms with Crippen LogP contribution >= 0.6 is 27.7 Å². The van der Waals surface area contributed by atoms with E-state index in [1.807, 2.05) is 24.3 Å². The Morgan fingerprint density at radius 1 is 1.15 bits per heavy atom. The summed E-state index contributed by atoms with van der Waals surface area (Å²) in [6.07, 6.45) is 1.58. The van der Waals surface area contributed by atoms with E-state index in [0.29, 0.717) is 16.2 Å². The van der Waals surface area contributed by atoms with Crippen molar-refractivity contribution in [2.75, 3.05) is 6.61 Å². The number of primary amides is 1. The minimum absolute atomic E-state index is 0.184. The van der Waals surface area contributed by atoms with E-state index in [9.17, 15) is 14.4 Å². The van der Waals surface area contributed by atoms with E-state index in [0.717, 1.165) is 21.8 Å². The van der Waals surface area contributed by atoms with Gasteiger partial charge in [0.15, 0.2) is 6.61 Å². The Morgan fingerprint density at radius 3 is 2.59 bits per heavy atom. The van der Waals surface area contributed by atoms with Gasteiger partial charge in [0.1, 0.15) is 5.75 Å². The van der Waals surface area contributed by atoms with Gasteiger partial charge in [-0.2, -0.15) is 0 Å². The molecule has 1 aliphatic heterocycles. The molecule has 3 amide bonds. The number of carbonyl (C=O) groups excluding carboxylic acids is 3. The number of hydrogen-bond acceptors (Lipinski definition) is 5. The molecule has 0 radical (unpaired) electrons. The van der Waals surface area contributed by atoms with Crippen molar-refractivity contribution in [2.45, 2.75) is 6.54 Å². The number of nitrogens with two attached hydrogens (primary N) is 1. The van der Waals surface area contributed by atoms with E-state index < -0.39 is 5.91 Å². The van der Waals surface area contributed by atoms with Crippen molar-refractivity contribution < 1.29 is 19.1 Å². The van der Waals surface area contributed by atoms with E-state index in [2.05, 4.69) is 15.9 Å². The average Bonchev–Trinajstić information content (AvgIpc) is 2.90. The van der Waals surface area contributed by atoms with Gasteiger partial charge in [0.05, 0.1) is 11.4 Å². The topological polar surface area (TPSA) is 89.7 Å². The number of benzene rings is 2. The molecule has 6 nitrogen and oxygen atoms in total. The molecular weight excluding hydrogens is 432 g/mol. The molecule has 8 heteroatoms. The van der Waals surface area contributed by atoms with Crippen molar-refractivity contribution in [1.82, 2.24) is 4.90 Å². The van der Waals surface area contributed by atoms with Gasteiger partial charge < -0.3 is 10.5 Å². The fraction of sp³-hybridized carbons (Fsp3) is 0.105. The Kier molecular flexibility index (Phi) is 5.98. The van der Waals surface area contributed by atoms with E-state index >= 15 is 0 Å². The molecule has 0 unspecified atom stereocenters. The van der Waals surface area contributed by atoms with Crippen molar-refractivity contribution in [3.63, 3.8) is 0 Å².